The SMILES string of the molecule is CCC1(CC)c2cccc3cc[n+]4cc(C)n(c4c23)C1(C)CC. The van der Waals surface area contributed by atoms with Gasteiger partial charge in [0.25, 0.3) is 5.65 Å². The first-order valence-electron chi connectivity index (χ1n) is 9.00. The Kier molecular flexibility index (Phi) is 2.94. The van der Waals surface area contributed by atoms with Crippen molar-refractivity contribution in [2.24, 2.45) is 0 Å². The molecule has 2 nitrogen and oxygen atoms in total. The highest BCUT2D eigenvalue weighted by molar-refractivity contribution is 5.97. The maximum Gasteiger partial charge on any atom is 0.295 e. The summed E-state index contributed by atoms with van der Waals surface area (Å²) in [6.45, 7) is 11.8. The predicted molar refractivity (Wildman–Crippen MR) is 96.0 cm³/mol. The standard InChI is InChI=1S/C21H27N2/c1-6-20(5)21(7-2,8-3)17-11-9-10-16-12-13-22-14-15(4)23(20)19(22)18(16)17/h9-14H,6-8H2,1-5H3/q+1. The molecule has 0 amide bonds. The van der Waals surface area contributed by atoms with E-state index in [0.717, 1.165) is 6.42 Å². The smallest absolute Gasteiger partial charge is 0.221 e. The fourth-order valence-corrected chi connectivity index (χ4v) is 5.49. The lowest BCUT2D eigenvalue weighted by atomic mass is 9.59. The van der Waals surface area contributed by atoms with Crippen molar-refractivity contribution in [2.45, 2.75) is 64.8 Å². The molecule has 0 saturated heterocycles. The minimum Gasteiger partial charge on any atom is -0.221 e. The maximum atomic E-state index is 2.63. The minimum absolute atomic E-state index is 0.109. The number of benzene rings is 1. The largest absolute Gasteiger partial charge is 0.295 e. The van der Waals surface area contributed by atoms with Gasteiger partial charge in [-0.1, -0.05) is 39.0 Å². The molecule has 2 aromatic heterocycles. The van der Waals surface area contributed by atoms with E-state index in [1.807, 2.05) is 0 Å². The summed E-state index contributed by atoms with van der Waals surface area (Å²) in [6, 6.07) is 9.15. The summed E-state index contributed by atoms with van der Waals surface area (Å²) in [4.78, 5) is 0. The molecule has 23 heavy (non-hydrogen) atoms. The second-order valence-corrected chi connectivity index (χ2v) is 7.34. The molecule has 0 aliphatic carbocycles. The van der Waals surface area contributed by atoms with Gasteiger partial charge in [-0.2, -0.15) is 0 Å². The molecular weight excluding hydrogens is 280 g/mol. The molecule has 1 aliphatic heterocycles. The zero-order valence-corrected chi connectivity index (χ0v) is 15.0. The van der Waals surface area contributed by atoms with Crippen LogP contribution in [0.4, 0.5) is 0 Å². The third-order valence-electron chi connectivity index (χ3n) is 6.81. The maximum absolute atomic E-state index is 2.63. The molecule has 3 aromatic rings. The summed E-state index contributed by atoms with van der Waals surface area (Å²) >= 11 is 0. The quantitative estimate of drug-likeness (QED) is 0.610. The highest BCUT2D eigenvalue weighted by atomic mass is 15.2. The van der Waals surface area contributed by atoms with E-state index in [1.165, 1.54) is 35.0 Å². The van der Waals surface area contributed by atoms with Gasteiger partial charge in [0.2, 0.25) is 0 Å². The van der Waals surface area contributed by atoms with Crippen LogP contribution in [-0.2, 0) is 11.0 Å². The van der Waals surface area contributed by atoms with Gasteiger partial charge in [0, 0.05) is 12.3 Å². The average molecular weight is 307 g/mol. The van der Waals surface area contributed by atoms with Crippen molar-refractivity contribution in [3.63, 3.8) is 0 Å². The fourth-order valence-electron chi connectivity index (χ4n) is 5.49. The Morgan fingerprint density at radius 2 is 1.78 bits per heavy atom. The fraction of sp³-hybridized carbons (Fsp3) is 0.476. The number of nitrogens with zero attached hydrogens (tertiary/aromatic N) is 2. The molecule has 0 N–H and O–H groups in total. The van der Waals surface area contributed by atoms with Crippen molar-refractivity contribution < 1.29 is 4.40 Å². The van der Waals surface area contributed by atoms with E-state index >= 15 is 0 Å². The van der Waals surface area contributed by atoms with E-state index in [4.69, 9.17) is 0 Å². The Hall–Kier alpha value is -1.83. The Morgan fingerprint density at radius 3 is 2.43 bits per heavy atom. The van der Waals surface area contributed by atoms with Gasteiger partial charge in [-0.25, -0.2) is 8.97 Å². The highest BCUT2D eigenvalue weighted by Gasteiger charge is 2.55. The molecular formula is C21H27N2+. The molecule has 2 heteroatoms. The normalized spacial score (nSPS) is 22.3. The molecule has 0 saturated carbocycles. The summed E-state index contributed by atoms with van der Waals surface area (Å²) < 4.78 is 4.96. The van der Waals surface area contributed by atoms with Crippen molar-refractivity contribution >= 4 is 16.4 Å². The number of aryl methyl sites for hydroxylation is 1. The van der Waals surface area contributed by atoms with Crippen molar-refractivity contribution in [3.8, 4) is 0 Å². The lowest BCUT2D eigenvalue weighted by Gasteiger charge is -2.49. The zero-order valence-electron chi connectivity index (χ0n) is 15.0. The second kappa shape index (κ2) is 4.59. The predicted octanol–water partition coefficient (Wildman–Crippen LogP) is 4.89. The first kappa shape index (κ1) is 14.7. The van der Waals surface area contributed by atoms with Crippen molar-refractivity contribution in [1.82, 2.24) is 4.57 Å². The van der Waals surface area contributed by atoms with Gasteiger partial charge in [-0.05, 0) is 43.2 Å². The Morgan fingerprint density at radius 1 is 1.04 bits per heavy atom. The van der Waals surface area contributed by atoms with Crippen molar-refractivity contribution in [2.75, 3.05) is 0 Å². The van der Waals surface area contributed by atoms with Crippen molar-refractivity contribution in [3.05, 3.63) is 47.9 Å². The third kappa shape index (κ3) is 1.48. The molecule has 120 valence electrons. The molecule has 1 unspecified atom stereocenters. The Bertz CT molecular complexity index is 914. The van der Waals surface area contributed by atoms with Crippen LogP contribution in [0.3, 0.4) is 0 Å². The number of rotatable bonds is 3. The minimum atomic E-state index is 0.109. The summed E-state index contributed by atoms with van der Waals surface area (Å²) in [5.41, 5.74) is 4.58. The van der Waals surface area contributed by atoms with E-state index in [9.17, 15) is 0 Å². The molecule has 0 fully saturated rings. The van der Waals surface area contributed by atoms with Crippen LogP contribution in [0.25, 0.3) is 16.4 Å². The number of imidazole rings is 1. The van der Waals surface area contributed by atoms with E-state index in [1.54, 1.807) is 5.56 Å². The van der Waals surface area contributed by atoms with E-state index < -0.39 is 0 Å². The molecule has 0 spiro atoms. The molecule has 0 bridgehead atoms. The van der Waals surface area contributed by atoms with E-state index in [-0.39, 0.29) is 11.0 Å². The molecule has 1 aliphatic rings. The van der Waals surface area contributed by atoms with Crippen LogP contribution < -0.4 is 4.40 Å². The molecule has 4 rings (SSSR count). The van der Waals surface area contributed by atoms with Crippen LogP contribution in [-0.4, -0.2) is 4.57 Å². The molecule has 3 heterocycles. The number of hydrogen-bond donors (Lipinski definition) is 0. The summed E-state index contributed by atoms with van der Waals surface area (Å²) in [7, 11) is 0. The summed E-state index contributed by atoms with van der Waals surface area (Å²) in [5, 5.41) is 2.82. The monoisotopic (exact) mass is 307 g/mol. The summed E-state index contributed by atoms with van der Waals surface area (Å²) in [5.74, 6) is 0. The van der Waals surface area contributed by atoms with Gasteiger partial charge < -0.3 is 0 Å². The van der Waals surface area contributed by atoms with E-state index in [0.29, 0.717) is 0 Å². The van der Waals surface area contributed by atoms with E-state index in [2.05, 4.69) is 80.2 Å². The second-order valence-electron chi connectivity index (χ2n) is 7.34. The first-order valence-corrected chi connectivity index (χ1v) is 9.00. The zero-order chi connectivity index (χ0) is 16.4. The van der Waals surface area contributed by atoms with Gasteiger partial charge in [0.1, 0.15) is 17.4 Å². The van der Waals surface area contributed by atoms with Crippen LogP contribution in [0, 0.1) is 6.92 Å². The van der Waals surface area contributed by atoms with Gasteiger partial charge in [-0.15, -0.1) is 0 Å². The van der Waals surface area contributed by atoms with Crippen molar-refractivity contribution in [1.29, 1.82) is 0 Å². The number of pyridine rings is 1. The van der Waals surface area contributed by atoms with Crippen LogP contribution in [0.2, 0.25) is 0 Å². The molecule has 1 atom stereocenters. The molecule has 0 radical (unpaired) electrons. The Balaban J connectivity index is 2.34. The lowest BCUT2D eigenvalue weighted by molar-refractivity contribution is -0.510. The Labute approximate surface area is 138 Å². The van der Waals surface area contributed by atoms with Crippen LogP contribution in [0.5, 0.6) is 0 Å². The lowest BCUT2D eigenvalue weighted by Crippen LogP contribution is -2.53. The number of aromatic nitrogens is 2. The molecule has 1 aromatic carbocycles. The first-order chi connectivity index (χ1) is 11.0. The summed E-state index contributed by atoms with van der Waals surface area (Å²) in [6.07, 6.45) is 7.99. The van der Waals surface area contributed by atoms with Crippen LogP contribution in [0.1, 0.15) is 58.2 Å². The van der Waals surface area contributed by atoms with Crippen LogP contribution >= 0.6 is 0 Å². The highest BCUT2D eigenvalue weighted by Crippen LogP contribution is 2.54. The topological polar surface area (TPSA) is 9.03 Å². The number of hydrogen-bond acceptors (Lipinski definition) is 0. The van der Waals surface area contributed by atoms with Gasteiger partial charge in [0.05, 0.1) is 11.6 Å². The third-order valence-corrected chi connectivity index (χ3v) is 6.81. The van der Waals surface area contributed by atoms with Gasteiger partial charge in [-0.3, -0.25) is 0 Å². The average Bonchev–Trinajstić information content (AvgIpc) is 2.92. The van der Waals surface area contributed by atoms with Crippen LogP contribution in [0.15, 0.2) is 36.7 Å². The van der Waals surface area contributed by atoms with Gasteiger partial charge in [0.15, 0.2) is 0 Å². The van der Waals surface area contributed by atoms with Gasteiger partial charge >= 0.3 is 0 Å².